The number of hydrogen-bond donors (Lipinski definition) is 0. The fourth-order valence-corrected chi connectivity index (χ4v) is 2.21. The van der Waals surface area contributed by atoms with Crippen molar-refractivity contribution in [2.75, 3.05) is 19.6 Å². The molecule has 2 nitrogen and oxygen atoms in total. The van der Waals surface area contributed by atoms with Crippen molar-refractivity contribution in [3.05, 3.63) is 29.8 Å². The van der Waals surface area contributed by atoms with Crippen LogP contribution in [0.25, 0.3) is 0 Å². The summed E-state index contributed by atoms with van der Waals surface area (Å²) in [6.45, 7) is 6.61. The van der Waals surface area contributed by atoms with E-state index in [1.165, 1.54) is 37.1 Å². The van der Waals surface area contributed by atoms with Gasteiger partial charge in [-0.25, -0.2) is 0 Å². The van der Waals surface area contributed by atoms with Crippen LogP contribution in [0.5, 0.6) is 0 Å². The average Bonchev–Trinajstić information content (AvgIpc) is 2.51. The molecule has 0 N–H and O–H groups in total. The lowest BCUT2D eigenvalue weighted by atomic mass is 10.1. The van der Waals surface area contributed by atoms with Crippen LogP contribution < -0.4 is 5.32 Å². The monoisotopic (exact) mass is 217 g/mol. The molecular formula is C14H21N2. The minimum atomic E-state index is 0.948. The van der Waals surface area contributed by atoms with Crippen molar-refractivity contribution in [3.63, 3.8) is 0 Å². The van der Waals surface area contributed by atoms with E-state index in [4.69, 9.17) is 0 Å². The Labute approximate surface area is 98.7 Å². The van der Waals surface area contributed by atoms with Gasteiger partial charge in [-0.05, 0) is 24.6 Å². The fraction of sp³-hybridized carbons (Fsp3) is 0.571. The Morgan fingerprint density at radius 3 is 3.00 bits per heavy atom. The summed E-state index contributed by atoms with van der Waals surface area (Å²) in [7, 11) is 0. The highest BCUT2D eigenvalue weighted by Gasteiger charge is 2.13. The van der Waals surface area contributed by atoms with Crippen LogP contribution in [-0.4, -0.2) is 24.5 Å². The number of fused-ring (bicyclic) bond motifs is 1. The predicted molar refractivity (Wildman–Crippen MR) is 67.9 cm³/mol. The minimum absolute atomic E-state index is 0.948. The summed E-state index contributed by atoms with van der Waals surface area (Å²) < 4.78 is 0. The molecule has 1 aromatic carbocycles. The molecule has 2 heteroatoms. The Morgan fingerprint density at radius 2 is 2.12 bits per heavy atom. The van der Waals surface area contributed by atoms with Gasteiger partial charge in [0.1, 0.15) is 0 Å². The second-order valence-corrected chi connectivity index (χ2v) is 4.49. The van der Waals surface area contributed by atoms with Crippen LogP contribution >= 0.6 is 0 Å². The molecule has 1 aliphatic rings. The zero-order valence-corrected chi connectivity index (χ0v) is 10.2. The largest absolute Gasteiger partial charge is 0.297 e. The molecule has 0 atom stereocenters. The van der Waals surface area contributed by atoms with Crippen molar-refractivity contribution in [1.82, 2.24) is 10.2 Å². The molecule has 2 rings (SSSR count). The van der Waals surface area contributed by atoms with Gasteiger partial charge < -0.3 is 0 Å². The van der Waals surface area contributed by atoms with Crippen molar-refractivity contribution in [2.24, 2.45) is 0 Å². The van der Waals surface area contributed by atoms with E-state index in [2.05, 4.69) is 41.4 Å². The van der Waals surface area contributed by atoms with E-state index >= 15 is 0 Å². The standard InChI is InChI=1S/C14H21N2/c1-2-3-6-10-16-11-9-15-14-8-5-4-7-13(14)12-16/h4-5,7-8H,2-3,6,9-12H2,1H3. The Balaban J connectivity index is 1.94. The van der Waals surface area contributed by atoms with Crippen LogP contribution in [0.1, 0.15) is 31.7 Å². The van der Waals surface area contributed by atoms with E-state index in [0.29, 0.717) is 0 Å². The fourth-order valence-electron chi connectivity index (χ4n) is 2.21. The topological polar surface area (TPSA) is 17.3 Å². The Kier molecular flexibility index (Phi) is 4.23. The second-order valence-electron chi connectivity index (χ2n) is 4.49. The van der Waals surface area contributed by atoms with Gasteiger partial charge in [0.05, 0.1) is 12.2 Å². The van der Waals surface area contributed by atoms with Gasteiger partial charge >= 0.3 is 0 Å². The molecule has 1 aliphatic heterocycles. The normalized spacial score (nSPS) is 16.3. The van der Waals surface area contributed by atoms with Gasteiger partial charge in [0.15, 0.2) is 0 Å². The summed E-state index contributed by atoms with van der Waals surface area (Å²) in [5.74, 6) is 0. The third-order valence-corrected chi connectivity index (χ3v) is 3.16. The number of nitrogens with zero attached hydrogens (tertiary/aromatic N) is 2. The summed E-state index contributed by atoms with van der Waals surface area (Å²) in [5, 5.41) is 4.62. The van der Waals surface area contributed by atoms with Gasteiger partial charge in [0.2, 0.25) is 0 Å². The number of unbranched alkanes of at least 4 members (excludes halogenated alkanes) is 2. The minimum Gasteiger partial charge on any atom is -0.297 e. The van der Waals surface area contributed by atoms with Crippen molar-refractivity contribution >= 4 is 5.69 Å². The highest BCUT2D eigenvalue weighted by Crippen LogP contribution is 2.20. The zero-order valence-electron chi connectivity index (χ0n) is 10.2. The van der Waals surface area contributed by atoms with E-state index < -0.39 is 0 Å². The van der Waals surface area contributed by atoms with E-state index in [1.807, 2.05) is 0 Å². The van der Waals surface area contributed by atoms with E-state index in [1.54, 1.807) is 0 Å². The molecule has 0 saturated carbocycles. The molecule has 0 unspecified atom stereocenters. The quantitative estimate of drug-likeness (QED) is 0.709. The SMILES string of the molecule is CCCCCN1CC[N]c2ccccc2C1. The number of benzene rings is 1. The first-order valence-corrected chi connectivity index (χ1v) is 6.38. The van der Waals surface area contributed by atoms with Crippen molar-refractivity contribution in [1.29, 1.82) is 0 Å². The van der Waals surface area contributed by atoms with Crippen molar-refractivity contribution < 1.29 is 0 Å². The lowest BCUT2D eigenvalue weighted by Crippen LogP contribution is -2.26. The molecule has 0 saturated heterocycles. The third kappa shape index (κ3) is 2.99. The van der Waals surface area contributed by atoms with E-state index in [0.717, 1.165) is 19.6 Å². The molecule has 1 radical (unpaired) electrons. The smallest absolute Gasteiger partial charge is 0.0619 e. The molecule has 0 fully saturated rings. The third-order valence-electron chi connectivity index (χ3n) is 3.16. The summed E-state index contributed by atoms with van der Waals surface area (Å²) in [6.07, 6.45) is 3.96. The highest BCUT2D eigenvalue weighted by atomic mass is 15.1. The average molecular weight is 217 g/mol. The van der Waals surface area contributed by atoms with Gasteiger partial charge in [-0.1, -0.05) is 38.0 Å². The van der Waals surface area contributed by atoms with E-state index in [9.17, 15) is 0 Å². The van der Waals surface area contributed by atoms with Gasteiger partial charge in [-0.3, -0.25) is 10.2 Å². The molecular weight excluding hydrogens is 196 g/mol. The molecule has 1 heterocycles. The first-order chi connectivity index (χ1) is 7.90. The van der Waals surface area contributed by atoms with Crippen molar-refractivity contribution in [2.45, 2.75) is 32.7 Å². The number of para-hydroxylation sites is 1. The first-order valence-electron chi connectivity index (χ1n) is 6.38. The molecule has 0 aliphatic carbocycles. The molecule has 16 heavy (non-hydrogen) atoms. The Bertz CT molecular complexity index is 322. The Hall–Kier alpha value is -1.02. The summed E-state index contributed by atoms with van der Waals surface area (Å²) in [5.41, 5.74) is 2.58. The predicted octanol–water partition coefficient (Wildman–Crippen LogP) is 2.93. The molecule has 0 amide bonds. The van der Waals surface area contributed by atoms with E-state index in [-0.39, 0.29) is 0 Å². The zero-order chi connectivity index (χ0) is 11.2. The maximum absolute atomic E-state index is 4.62. The summed E-state index contributed by atoms with van der Waals surface area (Å²) in [6, 6.07) is 8.53. The van der Waals surface area contributed by atoms with Crippen LogP contribution in [0.3, 0.4) is 0 Å². The Morgan fingerprint density at radius 1 is 1.25 bits per heavy atom. The number of rotatable bonds is 4. The summed E-state index contributed by atoms with van der Waals surface area (Å²) >= 11 is 0. The highest BCUT2D eigenvalue weighted by molar-refractivity contribution is 5.45. The molecule has 0 spiro atoms. The van der Waals surface area contributed by atoms with Crippen LogP contribution in [0.2, 0.25) is 0 Å². The molecule has 0 bridgehead atoms. The lowest BCUT2D eigenvalue weighted by Gasteiger charge is -2.19. The first kappa shape index (κ1) is 11.5. The van der Waals surface area contributed by atoms with Gasteiger partial charge in [0.25, 0.3) is 0 Å². The molecule has 1 aromatic rings. The molecule has 87 valence electrons. The second kappa shape index (κ2) is 5.90. The lowest BCUT2D eigenvalue weighted by molar-refractivity contribution is 0.269. The van der Waals surface area contributed by atoms with Gasteiger partial charge in [-0.15, -0.1) is 0 Å². The maximum atomic E-state index is 4.62. The van der Waals surface area contributed by atoms with Crippen LogP contribution in [0, 0.1) is 0 Å². The van der Waals surface area contributed by atoms with Crippen LogP contribution in [0.15, 0.2) is 24.3 Å². The van der Waals surface area contributed by atoms with Crippen LogP contribution in [0.4, 0.5) is 5.69 Å². The summed E-state index contributed by atoms with van der Waals surface area (Å²) in [4.78, 5) is 2.53. The van der Waals surface area contributed by atoms with Gasteiger partial charge in [0, 0.05) is 13.1 Å². The van der Waals surface area contributed by atoms with Gasteiger partial charge in [-0.2, -0.15) is 0 Å². The number of hydrogen-bond acceptors (Lipinski definition) is 1. The van der Waals surface area contributed by atoms with Crippen LogP contribution in [-0.2, 0) is 6.54 Å². The molecule has 0 aromatic heterocycles. The maximum Gasteiger partial charge on any atom is 0.0619 e. The van der Waals surface area contributed by atoms with Crippen molar-refractivity contribution in [3.8, 4) is 0 Å².